The van der Waals surface area contributed by atoms with Gasteiger partial charge in [0.05, 0.1) is 12.2 Å². The highest BCUT2D eigenvalue weighted by Gasteiger charge is 2.43. The van der Waals surface area contributed by atoms with Gasteiger partial charge in [-0.05, 0) is 12.8 Å². The van der Waals surface area contributed by atoms with Crippen molar-refractivity contribution < 1.29 is 4.74 Å². The smallest absolute Gasteiger partial charge is 0.0628 e. The van der Waals surface area contributed by atoms with Crippen LogP contribution in [0.2, 0.25) is 0 Å². The Kier molecular flexibility index (Phi) is 0.189. The molecule has 2 bridgehead atoms. The third-order valence-electron chi connectivity index (χ3n) is 1.44. The van der Waals surface area contributed by atoms with Crippen LogP contribution >= 0.6 is 0 Å². The van der Waals surface area contributed by atoms with Gasteiger partial charge < -0.3 is 4.74 Å². The Labute approximate surface area is 30.9 Å². The van der Waals surface area contributed by atoms with E-state index in [0.29, 0.717) is 12.2 Å². The Morgan fingerprint density at radius 1 is 1.20 bits per heavy atom. The summed E-state index contributed by atoms with van der Waals surface area (Å²) in [4.78, 5) is 0. The summed E-state index contributed by atoms with van der Waals surface area (Å²) in [5.41, 5.74) is 0. The normalized spacial score (nSPS) is 57.6. The Hall–Kier alpha value is -0.0400. The Morgan fingerprint density at radius 2 is 1.40 bits per heavy atom. The Morgan fingerprint density at radius 3 is 1.40 bits per heavy atom. The highest BCUT2D eigenvalue weighted by molar-refractivity contribution is 4.91. The summed E-state index contributed by atoms with van der Waals surface area (Å²) in [6.07, 6.45) is 4.14. The molecule has 0 aromatic rings. The predicted molar refractivity (Wildman–Crippen MR) is 17.9 cm³/mol. The lowest BCUT2D eigenvalue weighted by molar-refractivity contribution is -0.237. The lowest BCUT2D eigenvalue weighted by atomic mass is 9.84. The van der Waals surface area contributed by atoms with Crippen LogP contribution in [-0.4, -0.2) is 12.2 Å². The van der Waals surface area contributed by atoms with E-state index in [-0.39, 0.29) is 0 Å². The molecule has 2 aliphatic heterocycles. The quantitative estimate of drug-likeness (QED) is 0.404. The molecule has 2 saturated heterocycles. The molecule has 0 N–H and O–H groups in total. The van der Waals surface area contributed by atoms with E-state index in [2.05, 4.69) is 0 Å². The molecule has 5 heavy (non-hydrogen) atoms. The van der Waals surface area contributed by atoms with E-state index in [4.69, 9.17) is 4.74 Å². The van der Waals surface area contributed by atoms with Gasteiger partial charge in [0.15, 0.2) is 0 Å². The molecule has 2 heterocycles. The number of hydrogen-bond acceptors (Lipinski definition) is 1. The van der Waals surface area contributed by atoms with Gasteiger partial charge in [0.2, 0.25) is 0 Å². The predicted octanol–water partition coefficient (Wildman–Crippen LogP) is 0.548. The molecule has 3 fully saturated rings. The summed E-state index contributed by atoms with van der Waals surface area (Å²) < 4.78 is 5.03. The van der Waals surface area contributed by atoms with Crippen LogP contribution in [0.3, 0.4) is 0 Å². The summed E-state index contributed by atoms with van der Waals surface area (Å²) in [5, 5.41) is 0. The monoisotopic (exact) mass is 70.0 g/mol. The highest BCUT2D eigenvalue weighted by Crippen LogP contribution is 2.39. The summed E-state index contributed by atoms with van der Waals surface area (Å²) in [7, 11) is 0. The van der Waals surface area contributed by atoms with Crippen molar-refractivity contribution in [1.29, 1.82) is 0 Å². The zero-order chi connectivity index (χ0) is 3.28. The van der Waals surface area contributed by atoms with Crippen molar-refractivity contribution in [2.24, 2.45) is 0 Å². The van der Waals surface area contributed by atoms with E-state index in [0.717, 1.165) is 0 Å². The number of rotatable bonds is 0. The van der Waals surface area contributed by atoms with Crippen LogP contribution in [0.1, 0.15) is 12.8 Å². The topological polar surface area (TPSA) is 9.23 Å². The van der Waals surface area contributed by atoms with Crippen molar-refractivity contribution in [3.05, 3.63) is 0 Å². The van der Waals surface area contributed by atoms with Crippen LogP contribution in [0.4, 0.5) is 0 Å². The maximum absolute atomic E-state index is 5.03. The minimum atomic E-state index is 0.708. The third kappa shape index (κ3) is 0.106. The van der Waals surface area contributed by atoms with Gasteiger partial charge >= 0.3 is 0 Å². The second-order valence-electron chi connectivity index (χ2n) is 1.85. The van der Waals surface area contributed by atoms with Crippen molar-refractivity contribution in [2.45, 2.75) is 25.0 Å². The fourth-order valence-electron chi connectivity index (χ4n) is 0.767. The molecular weight excluding hydrogens is 64.0 g/mol. The van der Waals surface area contributed by atoms with E-state index in [1.807, 2.05) is 0 Å². The van der Waals surface area contributed by atoms with Crippen LogP contribution in [0.5, 0.6) is 0 Å². The molecule has 1 aliphatic carbocycles. The lowest BCUT2D eigenvalue weighted by Crippen LogP contribution is -2.52. The van der Waals surface area contributed by atoms with Crippen LogP contribution in [0, 0.1) is 0 Å². The van der Waals surface area contributed by atoms with Crippen LogP contribution < -0.4 is 0 Å². The van der Waals surface area contributed by atoms with Crippen molar-refractivity contribution >= 4 is 0 Å². The maximum atomic E-state index is 5.03. The second kappa shape index (κ2) is 0.432. The summed E-state index contributed by atoms with van der Waals surface area (Å²) in [6, 6.07) is 0. The first-order chi connectivity index (χ1) is 2.45. The van der Waals surface area contributed by atoms with E-state index in [9.17, 15) is 0 Å². The summed E-state index contributed by atoms with van der Waals surface area (Å²) in [5.74, 6) is 0. The van der Waals surface area contributed by atoms with E-state index < -0.39 is 0 Å². The standard InChI is InChI=1S/C4H6O/c1-3-2-4(1)5-3/h3-4H,1-2H2. The van der Waals surface area contributed by atoms with E-state index in [1.54, 1.807) is 0 Å². The first kappa shape index (κ1) is 2.19. The second-order valence-corrected chi connectivity index (χ2v) is 1.85. The Bertz CT molecular complexity index is 40.4. The largest absolute Gasteiger partial charge is 0.375 e. The van der Waals surface area contributed by atoms with Crippen molar-refractivity contribution in [1.82, 2.24) is 0 Å². The molecule has 0 unspecified atom stereocenters. The molecule has 1 heteroatoms. The van der Waals surface area contributed by atoms with Crippen LogP contribution in [0.15, 0.2) is 0 Å². The van der Waals surface area contributed by atoms with Gasteiger partial charge in [-0.3, -0.25) is 0 Å². The molecule has 3 rings (SSSR count). The molecule has 0 aromatic heterocycles. The summed E-state index contributed by atoms with van der Waals surface area (Å²) in [6.45, 7) is 0. The minimum absolute atomic E-state index is 0.708. The number of hydrogen-bond donors (Lipinski definition) is 0. The zero-order valence-electron chi connectivity index (χ0n) is 2.98. The molecule has 0 amide bonds. The Balaban J connectivity index is 2.19. The molecule has 0 aromatic carbocycles. The third-order valence-corrected chi connectivity index (χ3v) is 1.44. The van der Waals surface area contributed by atoms with E-state index in [1.165, 1.54) is 12.8 Å². The molecule has 3 aliphatic rings. The average Bonchev–Trinajstić information content (AvgIpc) is 0.592. The van der Waals surface area contributed by atoms with Gasteiger partial charge in [-0.15, -0.1) is 0 Å². The van der Waals surface area contributed by atoms with Gasteiger partial charge in [0.25, 0.3) is 0 Å². The average molecular weight is 70.1 g/mol. The maximum Gasteiger partial charge on any atom is 0.0628 e. The van der Waals surface area contributed by atoms with Crippen molar-refractivity contribution in [3.8, 4) is 0 Å². The molecule has 0 spiro atoms. The van der Waals surface area contributed by atoms with E-state index >= 15 is 0 Å². The van der Waals surface area contributed by atoms with Gasteiger partial charge in [-0.25, -0.2) is 0 Å². The van der Waals surface area contributed by atoms with Crippen molar-refractivity contribution in [3.63, 3.8) is 0 Å². The molecule has 1 saturated carbocycles. The fourth-order valence-corrected chi connectivity index (χ4v) is 0.767. The summed E-state index contributed by atoms with van der Waals surface area (Å²) >= 11 is 0. The van der Waals surface area contributed by atoms with Crippen molar-refractivity contribution in [2.75, 3.05) is 0 Å². The zero-order valence-corrected chi connectivity index (χ0v) is 2.98. The molecule has 28 valence electrons. The number of ether oxygens (including phenoxy) is 1. The first-order valence-electron chi connectivity index (χ1n) is 2.10. The minimum Gasteiger partial charge on any atom is -0.375 e. The molecule has 0 atom stereocenters. The highest BCUT2D eigenvalue weighted by atomic mass is 16.5. The van der Waals surface area contributed by atoms with Crippen LogP contribution in [-0.2, 0) is 4.74 Å². The van der Waals surface area contributed by atoms with Crippen LogP contribution in [0.25, 0.3) is 0 Å². The van der Waals surface area contributed by atoms with Gasteiger partial charge in [-0.2, -0.15) is 0 Å². The molecule has 1 nitrogen and oxygen atoms in total. The lowest BCUT2D eigenvalue weighted by Gasteiger charge is -2.49. The SMILES string of the molecule is C1C2CC1O2. The molecule has 0 radical (unpaired) electrons. The first-order valence-corrected chi connectivity index (χ1v) is 2.10. The van der Waals surface area contributed by atoms with Gasteiger partial charge in [-0.1, -0.05) is 0 Å². The fraction of sp³-hybridized carbons (Fsp3) is 1.00. The van der Waals surface area contributed by atoms with Gasteiger partial charge in [0.1, 0.15) is 0 Å². The van der Waals surface area contributed by atoms with Gasteiger partial charge in [0, 0.05) is 0 Å². The molecular formula is C4H6O.